The summed E-state index contributed by atoms with van der Waals surface area (Å²) in [6.07, 6.45) is 11.8. The van der Waals surface area contributed by atoms with Crippen molar-refractivity contribution in [2.24, 2.45) is 0 Å². The summed E-state index contributed by atoms with van der Waals surface area (Å²) in [6.45, 7) is 82.2. The van der Waals surface area contributed by atoms with Crippen LogP contribution in [0.15, 0.2) is 50.6 Å². The van der Waals surface area contributed by atoms with E-state index in [1.54, 1.807) is 0 Å². The van der Waals surface area contributed by atoms with Gasteiger partial charge in [-0.3, -0.25) is 0 Å². The average molecular weight is 727 g/mol. The summed E-state index contributed by atoms with van der Waals surface area (Å²) >= 11 is 0. The number of hydrogen-bond donors (Lipinski definition) is 0. The normalized spacial score (nSPS) is 4.13. The van der Waals surface area contributed by atoms with Crippen molar-refractivity contribution in [1.82, 2.24) is 0 Å². The molecule has 0 spiro atoms. The number of allylic oxidation sites excluding steroid dienone is 4. The first-order chi connectivity index (χ1) is 22.8. The van der Waals surface area contributed by atoms with Crippen LogP contribution in [0.5, 0.6) is 0 Å². The van der Waals surface area contributed by atoms with Gasteiger partial charge in [0.1, 0.15) is 0 Å². The van der Waals surface area contributed by atoms with Gasteiger partial charge in [0, 0.05) is 24.3 Å². The van der Waals surface area contributed by atoms with Crippen molar-refractivity contribution in [2.75, 3.05) is 0 Å². The molecule has 0 aromatic rings. The van der Waals surface area contributed by atoms with Gasteiger partial charge < -0.3 is 0 Å². The van der Waals surface area contributed by atoms with Gasteiger partial charge in [-0.1, -0.05) is 260 Å². The van der Waals surface area contributed by atoms with E-state index in [2.05, 4.69) is 26.3 Å². The van der Waals surface area contributed by atoms with Gasteiger partial charge in [-0.25, -0.2) is 0 Å². The van der Waals surface area contributed by atoms with E-state index in [4.69, 9.17) is 0 Å². The van der Waals surface area contributed by atoms with Crippen LogP contribution in [-0.2, 0) is 0 Å². The molecule has 0 aromatic heterocycles. The van der Waals surface area contributed by atoms with Gasteiger partial charge in [0.15, 0.2) is 0 Å². The Kier molecular flexibility index (Phi) is 4690. The zero-order valence-corrected chi connectivity index (χ0v) is 42.0. The first-order valence-corrected chi connectivity index (χ1v) is 21.3. The molecule has 0 saturated carbocycles. The molecule has 0 heteroatoms. The predicted octanol–water partition coefficient (Wildman–Crippen LogP) is 25.9. The molecule has 0 amide bonds. The molecule has 0 aliphatic rings. The third-order valence-corrected chi connectivity index (χ3v) is 1.15. The Hall–Kier alpha value is -1.04. The minimum atomic E-state index is 0. The van der Waals surface area contributed by atoms with E-state index in [-0.39, 0.29) is 24.3 Å². The monoisotopic (exact) mass is 726 g/mol. The minimum Gasteiger partial charge on any atom is -0.103 e. The Bertz CT molecular complexity index is 141. The van der Waals surface area contributed by atoms with Crippen molar-refractivity contribution in [3.63, 3.8) is 0 Å². The Morgan fingerprint density at radius 2 is 0.239 bits per heavy atom. The zero-order chi connectivity index (χ0) is 43.7. The Morgan fingerprint density at radius 1 is 0.196 bits per heavy atom. The fourth-order valence-corrected chi connectivity index (χ4v) is 0.471. The highest BCUT2D eigenvalue weighted by Crippen LogP contribution is 1.86. The summed E-state index contributed by atoms with van der Waals surface area (Å²) in [4.78, 5) is 0. The fourth-order valence-electron chi connectivity index (χ4n) is 0.471. The molecule has 0 heterocycles. The van der Waals surface area contributed by atoms with Crippen molar-refractivity contribution in [3.8, 4) is 0 Å². The molecular formula is C46H156. The summed E-state index contributed by atoms with van der Waals surface area (Å²) in [5.74, 6) is 0. The maximum atomic E-state index is 3.55. The molecule has 0 aliphatic heterocycles. The first kappa shape index (κ1) is 129. The van der Waals surface area contributed by atoms with Crippen LogP contribution in [-0.4, -0.2) is 0 Å². The fraction of sp³-hybridized carbons (Fsp3) is 0.826. The van der Waals surface area contributed by atoms with Crippen LogP contribution in [0, 0.1) is 0 Å². The summed E-state index contributed by atoms with van der Waals surface area (Å²) in [6, 6.07) is 0. The van der Waals surface area contributed by atoms with Crippen LogP contribution >= 0.6 is 0 Å². The lowest BCUT2D eigenvalue weighted by Crippen LogP contribution is -1.56. The molecule has 0 fully saturated rings. The van der Waals surface area contributed by atoms with Crippen LogP contribution in [0.3, 0.4) is 0 Å². The number of hydrogen-bond acceptors (Lipinski definition) is 0. The second-order valence-corrected chi connectivity index (χ2v) is 2.31. The van der Waals surface area contributed by atoms with Crippen LogP contribution in [0.25, 0.3) is 0 Å². The molecule has 0 saturated heterocycles. The molecule has 0 nitrogen and oxygen atoms in total. The second-order valence-electron chi connectivity index (χ2n) is 2.31. The molecule has 0 atom stereocenters. The highest BCUT2D eigenvalue weighted by Gasteiger charge is 1.66. The van der Waals surface area contributed by atoms with E-state index in [1.165, 1.54) is 0 Å². The Morgan fingerprint density at radius 3 is 0.261 bits per heavy atom. The maximum absolute atomic E-state index is 3.55. The minimum absolute atomic E-state index is 0. The van der Waals surface area contributed by atoms with E-state index in [1.807, 2.05) is 260 Å². The summed E-state index contributed by atoms with van der Waals surface area (Å²) in [5, 5.41) is 0. The molecule has 46 heavy (non-hydrogen) atoms. The SMILES string of the molecule is C=CCCC=C.C=CCCC=C.CC.CC.CC.CC.CC.CC.CC.CC.CC.CC.CC.CC.CC.CC.CC.CC.CC.[2HH].[2HH].[2HH].[2HH].[2HH].[2HH].[2HH].[2HH].[2HH].[2HH].[2HH].[2HH].[2HH].[2HH].[2HH].[2HH].[2HH]. The van der Waals surface area contributed by atoms with Crippen molar-refractivity contribution in [1.29, 1.82) is 0 Å². The van der Waals surface area contributed by atoms with Crippen molar-refractivity contribution in [3.05, 3.63) is 50.6 Å². The van der Waals surface area contributed by atoms with Crippen molar-refractivity contribution < 1.29 is 24.3 Å². The average Bonchev–Trinajstić information content (AvgIpc) is 3.26. The van der Waals surface area contributed by atoms with Crippen LogP contribution < -0.4 is 0 Å². The van der Waals surface area contributed by atoms with Gasteiger partial charge in [-0.2, -0.15) is 0 Å². The lowest BCUT2D eigenvalue weighted by Gasteiger charge is -1.76. The first-order valence-electron chi connectivity index (χ1n) is 21.3. The van der Waals surface area contributed by atoms with E-state index < -0.39 is 0 Å². The molecule has 340 valence electrons. The van der Waals surface area contributed by atoms with Gasteiger partial charge in [-0.05, 0) is 25.7 Å². The summed E-state index contributed by atoms with van der Waals surface area (Å²) in [7, 11) is 0. The highest BCUT2D eigenvalue weighted by molar-refractivity contribution is 4.74. The summed E-state index contributed by atoms with van der Waals surface area (Å²) in [5.41, 5.74) is 0. The predicted molar refractivity (Wildman–Crippen MR) is 288 cm³/mol. The maximum Gasteiger partial charge on any atom is 0 e. The van der Waals surface area contributed by atoms with Gasteiger partial charge in [-0.15, -0.1) is 26.3 Å². The second kappa shape index (κ2) is 1670. The van der Waals surface area contributed by atoms with E-state index >= 15 is 0 Å². The van der Waals surface area contributed by atoms with Crippen molar-refractivity contribution in [2.45, 2.75) is 261 Å². The van der Waals surface area contributed by atoms with Gasteiger partial charge in [0.2, 0.25) is 0 Å². The molecule has 0 bridgehead atoms. The molecule has 0 aromatic carbocycles. The smallest absolute Gasteiger partial charge is 0 e. The largest absolute Gasteiger partial charge is 0.103 e. The summed E-state index contributed by atoms with van der Waals surface area (Å²) < 4.78 is 0. The van der Waals surface area contributed by atoms with E-state index in [0.29, 0.717) is 0 Å². The van der Waals surface area contributed by atoms with Crippen molar-refractivity contribution >= 4 is 0 Å². The Balaban J connectivity index is -0.00000000361. The lowest BCUT2D eigenvalue weighted by atomic mass is 10.3. The van der Waals surface area contributed by atoms with Gasteiger partial charge >= 0.3 is 0 Å². The highest BCUT2D eigenvalue weighted by atomic mass is 13.7. The molecule has 0 aliphatic carbocycles. The van der Waals surface area contributed by atoms with E-state index in [0.717, 1.165) is 25.7 Å². The van der Waals surface area contributed by atoms with Crippen LogP contribution in [0.1, 0.15) is 285 Å². The third-order valence-electron chi connectivity index (χ3n) is 1.15. The van der Waals surface area contributed by atoms with Gasteiger partial charge in [0.25, 0.3) is 0 Å². The number of rotatable bonds is 6. The topological polar surface area (TPSA) is 0 Å². The molecule has 0 N–H and O–H groups in total. The number of unbranched alkanes of at least 4 members (excludes halogenated alkanes) is 2. The standard InChI is InChI=1S/2C6H10.17C2H6.17H2/c2*1-3-5-6-4-2;17*1-2;;;;;;;;;;;;;;;;;/h2*3-4H,1-2,5-6H2;17*1-2H3;17*1H/i;;;;;;;;;;;;;;;;;;;17*1+1. The van der Waals surface area contributed by atoms with E-state index in [9.17, 15) is 0 Å². The van der Waals surface area contributed by atoms with Gasteiger partial charge in [0.05, 0.1) is 0 Å². The van der Waals surface area contributed by atoms with Crippen LogP contribution in [0.4, 0.5) is 0 Å². The quantitative estimate of drug-likeness (QED) is 0.189. The lowest BCUT2D eigenvalue weighted by molar-refractivity contribution is 1.06. The Labute approximate surface area is 336 Å². The molecular weight excluding hydrogens is 553 g/mol. The zero-order valence-electron chi connectivity index (χ0n) is 42.0. The molecule has 0 rings (SSSR count). The van der Waals surface area contributed by atoms with Crippen LogP contribution in [0.2, 0.25) is 0 Å². The third kappa shape index (κ3) is 3070. The molecule has 0 unspecified atom stereocenters. The molecule has 0 radical (unpaired) electrons.